The van der Waals surface area contributed by atoms with Crippen molar-refractivity contribution in [2.45, 2.75) is 42.3 Å². The van der Waals surface area contributed by atoms with Crippen molar-refractivity contribution in [3.8, 4) is 5.75 Å². The molecule has 1 aliphatic carbocycles. The molecule has 0 bridgehead atoms. The van der Waals surface area contributed by atoms with Crippen LogP contribution in [0.2, 0.25) is 5.02 Å². The van der Waals surface area contributed by atoms with Crippen LogP contribution in [0.25, 0.3) is 0 Å². The summed E-state index contributed by atoms with van der Waals surface area (Å²) in [6.45, 7) is 1.87. The lowest BCUT2D eigenvalue weighted by Gasteiger charge is -2.38. The molecule has 2 aromatic carbocycles. The molecule has 4 rings (SSSR count). The lowest BCUT2D eigenvalue weighted by Crippen LogP contribution is -2.49. The summed E-state index contributed by atoms with van der Waals surface area (Å²) in [6.07, 6.45) is 4.06. The molecule has 1 heterocycles. The first-order valence-corrected chi connectivity index (χ1v) is 11.8. The molecule has 0 aromatic heterocycles. The van der Waals surface area contributed by atoms with Gasteiger partial charge in [-0.3, -0.25) is 4.90 Å². The maximum absolute atomic E-state index is 11.8. The average molecular weight is 421 g/mol. The summed E-state index contributed by atoms with van der Waals surface area (Å²) in [5.41, 5.74) is 8.66. The number of fused-ring (bicyclic) bond motifs is 1. The quantitative estimate of drug-likeness (QED) is 0.822. The Bertz CT molecular complexity index is 979. The van der Waals surface area contributed by atoms with Crippen molar-refractivity contribution in [2.24, 2.45) is 5.73 Å². The maximum atomic E-state index is 11.8. The van der Waals surface area contributed by atoms with Crippen LogP contribution in [-0.2, 0) is 16.3 Å². The summed E-state index contributed by atoms with van der Waals surface area (Å²) in [5, 5.41) is 0.307. The molecule has 1 saturated heterocycles. The molecule has 1 fully saturated rings. The van der Waals surface area contributed by atoms with Gasteiger partial charge in [-0.15, -0.1) is 0 Å². The third-order valence-corrected chi connectivity index (χ3v) is 7.09. The Morgan fingerprint density at radius 1 is 1.21 bits per heavy atom. The molecule has 0 saturated carbocycles. The van der Waals surface area contributed by atoms with Gasteiger partial charge in [-0.1, -0.05) is 35.9 Å². The van der Waals surface area contributed by atoms with Crippen LogP contribution in [0, 0.1) is 0 Å². The van der Waals surface area contributed by atoms with Crippen molar-refractivity contribution >= 4 is 21.4 Å². The highest BCUT2D eigenvalue weighted by Crippen LogP contribution is 2.40. The lowest BCUT2D eigenvalue weighted by atomic mass is 10.0. The van der Waals surface area contributed by atoms with Gasteiger partial charge < -0.3 is 10.5 Å². The van der Waals surface area contributed by atoms with E-state index in [-0.39, 0.29) is 23.1 Å². The summed E-state index contributed by atoms with van der Waals surface area (Å²) in [5.74, 6) is 0.502. The van der Waals surface area contributed by atoms with Gasteiger partial charge >= 0.3 is 0 Å². The minimum Gasteiger partial charge on any atom is -0.482 e. The van der Waals surface area contributed by atoms with Crippen LogP contribution in [0.1, 0.15) is 30.1 Å². The number of benzene rings is 2. The number of halogens is 1. The second-order valence-corrected chi connectivity index (χ2v) is 10.2. The third kappa shape index (κ3) is 3.92. The topological polar surface area (TPSA) is 72.6 Å². The number of ether oxygens (including phenoxy) is 1. The molecule has 2 aliphatic rings. The van der Waals surface area contributed by atoms with Crippen LogP contribution < -0.4 is 10.5 Å². The van der Waals surface area contributed by atoms with E-state index in [0.29, 0.717) is 10.8 Å². The highest BCUT2D eigenvalue weighted by Gasteiger charge is 2.39. The van der Waals surface area contributed by atoms with Crippen molar-refractivity contribution in [3.63, 3.8) is 0 Å². The van der Waals surface area contributed by atoms with Crippen molar-refractivity contribution in [1.82, 2.24) is 4.90 Å². The molecule has 3 atom stereocenters. The average Bonchev–Trinajstić information content (AvgIpc) is 3.01. The Kier molecular flexibility index (Phi) is 5.40. The van der Waals surface area contributed by atoms with Gasteiger partial charge in [0.15, 0.2) is 9.84 Å². The zero-order valence-corrected chi connectivity index (χ0v) is 17.4. The van der Waals surface area contributed by atoms with Gasteiger partial charge in [0.2, 0.25) is 0 Å². The fourth-order valence-electron chi connectivity index (χ4n) is 4.29. The molecule has 5 nitrogen and oxygen atoms in total. The maximum Gasteiger partial charge on any atom is 0.175 e. The molecule has 0 radical (unpaired) electrons. The van der Waals surface area contributed by atoms with Crippen LogP contribution in [-0.4, -0.2) is 44.7 Å². The van der Waals surface area contributed by atoms with Gasteiger partial charge in [-0.25, -0.2) is 8.42 Å². The first-order chi connectivity index (χ1) is 13.3. The highest BCUT2D eigenvalue weighted by atomic mass is 35.5. The summed E-state index contributed by atoms with van der Waals surface area (Å²) in [7, 11) is -3.31. The molecule has 2 aromatic rings. The van der Waals surface area contributed by atoms with E-state index in [4.69, 9.17) is 22.1 Å². The molecular weight excluding hydrogens is 396 g/mol. The predicted molar refractivity (Wildman–Crippen MR) is 111 cm³/mol. The smallest absolute Gasteiger partial charge is 0.175 e. The number of nitrogens with zero attached hydrogens (tertiary/aromatic N) is 1. The van der Waals surface area contributed by atoms with E-state index >= 15 is 0 Å². The van der Waals surface area contributed by atoms with Gasteiger partial charge in [0.05, 0.1) is 16.0 Å². The Labute approximate surface area is 171 Å². The lowest BCUT2D eigenvalue weighted by molar-refractivity contribution is 0.0593. The second kappa shape index (κ2) is 7.67. The van der Waals surface area contributed by atoms with Gasteiger partial charge in [-0.05, 0) is 55.1 Å². The summed E-state index contributed by atoms with van der Waals surface area (Å²) < 4.78 is 29.9. The summed E-state index contributed by atoms with van der Waals surface area (Å²) >= 11 is 6.37. The molecule has 0 spiro atoms. The number of nitrogens with two attached hydrogens (primary N) is 1. The van der Waals surface area contributed by atoms with Gasteiger partial charge in [-0.2, -0.15) is 0 Å². The number of rotatable bonds is 4. The van der Waals surface area contributed by atoms with Crippen LogP contribution >= 0.6 is 11.6 Å². The minimum absolute atomic E-state index is 0.164. The molecule has 2 unspecified atom stereocenters. The normalized spacial score (nSPS) is 25.5. The van der Waals surface area contributed by atoms with Crippen LogP contribution in [0.5, 0.6) is 5.75 Å². The van der Waals surface area contributed by atoms with Crippen molar-refractivity contribution in [3.05, 3.63) is 58.6 Å². The van der Waals surface area contributed by atoms with E-state index in [1.54, 1.807) is 12.1 Å². The van der Waals surface area contributed by atoms with E-state index in [2.05, 4.69) is 17.0 Å². The molecule has 7 heteroatoms. The van der Waals surface area contributed by atoms with E-state index in [9.17, 15) is 8.42 Å². The fraction of sp³-hybridized carbons (Fsp3) is 0.429. The number of sulfone groups is 1. The fourth-order valence-corrected chi connectivity index (χ4v) is 5.22. The predicted octanol–water partition coefficient (Wildman–Crippen LogP) is 3.21. The van der Waals surface area contributed by atoms with Crippen LogP contribution in [0.15, 0.2) is 47.4 Å². The van der Waals surface area contributed by atoms with Gasteiger partial charge in [0.25, 0.3) is 0 Å². The summed E-state index contributed by atoms with van der Waals surface area (Å²) in [4.78, 5) is 2.62. The molecule has 1 aliphatic heterocycles. The number of piperidine rings is 1. The minimum atomic E-state index is -3.31. The first kappa shape index (κ1) is 19.7. The summed E-state index contributed by atoms with van der Waals surface area (Å²) in [6, 6.07) is 13.3. The molecule has 150 valence electrons. The standard InChI is InChI=1S/C21H25ClN2O3S/c1-28(25,26)16-8-9-20(18(22)12-16)27-21-17-7-3-2-5-14(17)11-19(21)24-10-4-6-15(23)13-24/h2-3,5,7-9,12,15,19,21H,4,6,10-11,13,23H2,1H3/t15-,19?,21?/m1/s1. The van der Waals surface area contributed by atoms with E-state index in [0.717, 1.165) is 37.9 Å². The zero-order valence-electron chi connectivity index (χ0n) is 15.8. The number of likely N-dealkylation sites (tertiary alicyclic amines) is 1. The first-order valence-electron chi connectivity index (χ1n) is 9.56. The van der Waals surface area contributed by atoms with Crippen molar-refractivity contribution in [2.75, 3.05) is 19.3 Å². The second-order valence-electron chi connectivity index (χ2n) is 7.77. The Hall–Kier alpha value is -1.60. The molecule has 2 N–H and O–H groups in total. The van der Waals surface area contributed by atoms with E-state index < -0.39 is 9.84 Å². The largest absolute Gasteiger partial charge is 0.482 e. The Morgan fingerprint density at radius 3 is 2.71 bits per heavy atom. The SMILES string of the molecule is CS(=O)(=O)c1ccc(OC2c3ccccc3CC2N2CCC[C@@H](N)C2)c(Cl)c1. The number of hydrogen-bond acceptors (Lipinski definition) is 5. The van der Waals surface area contributed by atoms with E-state index in [1.165, 1.54) is 17.9 Å². The molecule has 0 amide bonds. The monoisotopic (exact) mass is 420 g/mol. The molecule has 28 heavy (non-hydrogen) atoms. The van der Waals surface area contributed by atoms with Crippen LogP contribution in [0.3, 0.4) is 0 Å². The number of hydrogen-bond donors (Lipinski definition) is 1. The third-order valence-electron chi connectivity index (χ3n) is 5.68. The van der Waals surface area contributed by atoms with Gasteiger partial charge in [0, 0.05) is 18.8 Å². The highest BCUT2D eigenvalue weighted by molar-refractivity contribution is 7.90. The van der Waals surface area contributed by atoms with Gasteiger partial charge in [0.1, 0.15) is 11.9 Å². The zero-order chi connectivity index (χ0) is 19.9. The van der Waals surface area contributed by atoms with Crippen molar-refractivity contribution in [1.29, 1.82) is 0 Å². The Balaban J connectivity index is 1.65. The Morgan fingerprint density at radius 2 is 2.00 bits per heavy atom. The van der Waals surface area contributed by atoms with E-state index in [1.807, 2.05) is 12.1 Å². The molecular formula is C21H25ClN2O3S. The van der Waals surface area contributed by atoms with Crippen molar-refractivity contribution < 1.29 is 13.2 Å². The van der Waals surface area contributed by atoms with Crippen LogP contribution in [0.4, 0.5) is 0 Å².